The SMILES string of the molecule is O=C(Bc1ccccc1)O[C@H](Cc1ccncc1)c1ccc(O)c(O)c1. The number of phenolic OH excluding ortho intramolecular Hbond substituents is 2. The number of nitrogens with zero attached hydrogens (tertiary/aromatic N) is 1. The minimum Gasteiger partial charge on any atom is -0.504 e. The predicted octanol–water partition coefficient (Wildman–Crippen LogP) is 2.68. The van der Waals surface area contributed by atoms with Crippen LogP contribution in [0.3, 0.4) is 0 Å². The second-order valence-corrected chi connectivity index (χ2v) is 5.95. The first kappa shape index (κ1) is 17.5. The maximum absolute atomic E-state index is 12.4. The monoisotopic (exact) mass is 347 g/mol. The van der Waals surface area contributed by atoms with Crippen LogP contribution in [0, 0.1) is 0 Å². The van der Waals surface area contributed by atoms with Crippen LogP contribution < -0.4 is 5.46 Å². The van der Waals surface area contributed by atoms with Gasteiger partial charge in [0, 0.05) is 18.8 Å². The summed E-state index contributed by atoms with van der Waals surface area (Å²) in [5.41, 5.74) is 2.43. The summed E-state index contributed by atoms with van der Waals surface area (Å²) in [6.45, 7) is 0. The number of pyridine rings is 1. The standard InChI is InChI=1S/C20H18BNO4/c23-17-7-6-15(13-18(17)24)19(12-14-8-10-22-11-9-14)26-20(25)21-16-4-2-1-3-5-16/h1-11,13,19,21,23-24H,12H2/t19-/m1/s1. The largest absolute Gasteiger partial charge is 0.504 e. The molecule has 3 rings (SSSR count). The van der Waals surface area contributed by atoms with Gasteiger partial charge in [0.2, 0.25) is 0 Å². The van der Waals surface area contributed by atoms with Crippen molar-refractivity contribution in [1.29, 1.82) is 0 Å². The van der Waals surface area contributed by atoms with Gasteiger partial charge in [-0.15, -0.1) is 0 Å². The molecule has 2 N–H and O–H groups in total. The number of carbonyl (C=O) groups is 1. The zero-order valence-electron chi connectivity index (χ0n) is 14.1. The first-order chi connectivity index (χ1) is 12.6. The van der Waals surface area contributed by atoms with Gasteiger partial charge in [-0.3, -0.25) is 9.78 Å². The molecular formula is C20H18BNO4. The molecule has 0 aliphatic rings. The zero-order valence-corrected chi connectivity index (χ0v) is 14.1. The fraction of sp³-hybridized carbons (Fsp3) is 0.100. The summed E-state index contributed by atoms with van der Waals surface area (Å²) in [5, 5.41) is 19.3. The number of benzene rings is 2. The van der Waals surface area contributed by atoms with Crippen molar-refractivity contribution in [3.05, 3.63) is 84.2 Å². The summed E-state index contributed by atoms with van der Waals surface area (Å²) in [6, 6.07) is 17.5. The van der Waals surface area contributed by atoms with E-state index in [-0.39, 0.29) is 24.6 Å². The Hall–Kier alpha value is -3.28. The minimum atomic E-state index is -0.583. The van der Waals surface area contributed by atoms with Crippen molar-refractivity contribution in [1.82, 2.24) is 4.98 Å². The van der Waals surface area contributed by atoms with Crippen molar-refractivity contribution in [3.63, 3.8) is 0 Å². The Morgan fingerprint density at radius 2 is 1.73 bits per heavy atom. The average Bonchev–Trinajstić information content (AvgIpc) is 2.65. The van der Waals surface area contributed by atoms with E-state index in [0.717, 1.165) is 11.0 Å². The Morgan fingerprint density at radius 1 is 1.00 bits per heavy atom. The Bertz CT molecular complexity index is 871. The van der Waals surface area contributed by atoms with Gasteiger partial charge in [-0.05, 0) is 35.4 Å². The molecule has 1 aromatic heterocycles. The van der Waals surface area contributed by atoms with Crippen LogP contribution in [0.4, 0.5) is 4.79 Å². The molecule has 0 aliphatic carbocycles. The maximum Gasteiger partial charge on any atom is 0.293 e. The van der Waals surface area contributed by atoms with Crippen molar-refractivity contribution in [2.45, 2.75) is 12.5 Å². The average molecular weight is 347 g/mol. The van der Waals surface area contributed by atoms with Gasteiger partial charge in [0.15, 0.2) is 11.5 Å². The highest BCUT2D eigenvalue weighted by Gasteiger charge is 2.20. The van der Waals surface area contributed by atoms with Gasteiger partial charge in [-0.25, -0.2) is 0 Å². The molecule has 1 heterocycles. The van der Waals surface area contributed by atoms with Crippen molar-refractivity contribution < 1.29 is 19.7 Å². The van der Waals surface area contributed by atoms with Crippen LogP contribution in [0.5, 0.6) is 11.5 Å². The first-order valence-corrected chi connectivity index (χ1v) is 8.26. The summed E-state index contributed by atoms with van der Waals surface area (Å²) >= 11 is 0. The molecule has 0 spiro atoms. The molecule has 6 heteroatoms. The third kappa shape index (κ3) is 4.63. The molecule has 0 unspecified atom stereocenters. The molecule has 130 valence electrons. The van der Waals surface area contributed by atoms with E-state index in [0.29, 0.717) is 12.0 Å². The number of ether oxygens (including phenoxy) is 1. The highest BCUT2D eigenvalue weighted by atomic mass is 16.5. The van der Waals surface area contributed by atoms with Crippen molar-refractivity contribution >= 4 is 18.6 Å². The van der Waals surface area contributed by atoms with Gasteiger partial charge in [0.1, 0.15) is 6.10 Å². The third-order valence-corrected chi connectivity index (χ3v) is 4.01. The van der Waals surface area contributed by atoms with Gasteiger partial charge in [-0.1, -0.05) is 41.9 Å². The van der Waals surface area contributed by atoms with Gasteiger partial charge in [-0.2, -0.15) is 0 Å². The van der Waals surface area contributed by atoms with E-state index in [9.17, 15) is 15.0 Å². The van der Waals surface area contributed by atoms with Crippen LogP contribution in [-0.2, 0) is 11.2 Å². The Labute approximate surface area is 152 Å². The van der Waals surface area contributed by atoms with Crippen LogP contribution in [0.25, 0.3) is 0 Å². The number of rotatable bonds is 6. The van der Waals surface area contributed by atoms with E-state index in [1.54, 1.807) is 18.5 Å². The van der Waals surface area contributed by atoms with Crippen molar-refractivity contribution in [2.75, 3.05) is 0 Å². The number of hydrogen-bond donors (Lipinski definition) is 2. The Balaban J connectivity index is 1.80. The zero-order chi connectivity index (χ0) is 18.4. The first-order valence-electron chi connectivity index (χ1n) is 8.26. The maximum atomic E-state index is 12.4. The smallest absolute Gasteiger partial charge is 0.293 e. The number of aromatic hydroxyl groups is 2. The number of carbonyl (C=O) groups excluding carboxylic acids is 1. The summed E-state index contributed by atoms with van der Waals surface area (Å²) in [4.78, 5) is 16.4. The fourth-order valence-corrected chi connectivity index (χ4v) is 2.66. The van der Waals surface area contributed by atoms with E-state index >= 15 is 0 Å². The van der Waals surface area contributed by atoms with Crippen LogP contribution in [0.1, 0.15) is 17.2 Å². The van der Waals surface area contributed by atoms with E-state index in [4.69, 9.17) is 4.74 Å². The molecular weight excluding hydrogens is 329 g/mol. The lowest BCUT2D eigenvalue weighted by molar-refractivity contribution is 0.121. The molecule has 26 heavy (non-hydrogen) atoms. The molecule has 5 nitrogen and oxygen atoms in total. The second-order valence-electron chi connectivity index (χ2n) is 5.95. The molecule has 0 saturated carbocycles. The molecule has 0 bridgehead atoms. The van der Waals surface area contributed by atoms with Gasteiger partial charge in [0.05, 0.1) is 0 Å². The molecule has 0 saturated heterocycles. The minimum absolute atomic E-state index is 0.164. The molecule has 1 atom stereocenters. The fourth-order valence-electron chi connectivity index (χ4n) is 2.66. The molecule has 0 fully saturated rings. The number of hydrogen-bond acceptors (Lipinski definition) is 5. The molecule has 0 amide bonds. The number of phenols is 2. The lowest BCUT2D eigenvalue weighted by atomic mass is 9.70. The Kier molecular flexibility index (Phi) is 5.54. The van der Waals surface area contributed by atoms with Crippen molar-refractivity contribution in [3.8, 4) is 11.5 Å². The van der Waals surface area contributed by atoms with Crippen LogP contribution >= 0.6 is 0 Å². The van der Waals surface area contributed by atoms with Crippen molar-refractivity contribution in [2.24, 2.45) is 0 Å². The lowest BCUT2D eigenvalue weighted by Crippen LogP contribution is -2.26. The quantitative estimate of drug-likeness (QED) is 0.529. The Morgan fingerprint density at radius 3 is 2.42 bits per heavy atom. The van der Waals surface area contributed by atoms with E-state index < -0.39 is 6.10 Å². The van der Waals surface area contributed by atoms with Crippen LogP contribution in [0.2, 0.25) is 0 Å². The summed E-state index contributed by atoms with van der Waals surface area (Å²) in [5.74, 6) is -0.823. The summed E-state index contributed by atoms with van der Waals surface area (Å²) in [7, 11) is 0.164. The van der Waals surface area contributed by atoms with Crippen LogP contribution in [0.15, 0.2) is 73.1 Å². The summed E-state index contributed by atoms with van der Waals surface area (Å²) in [6.07, 6.45) is 3.20. The van der Waals surface area contributed by atoms with E-state index in [2.05, 4.69) is 4.98 Å². The molecule has 0 aliphatic heterocycles. The van der Waals surface area contributed by atoms with E-state index in [1.165, 1.54) is 12.1 Å². The van der Waals surface area contributed by atoms with Gasteiger partial charge < -0.3 is 14.9 Å². The molecule has 2 aromatic carbocycles. The summed E-state index contributed by atoms with van der Waals surface area (Å²) < 4.78 is 5.69. The predicted molar refractivity (Wildman–Crippen MR) is 100 cm³/mol. The van der Waals surface area contributed by atoms with Gasteiger partial charge in [0.25, 0.3) is 13.1 Å². The second kappa shape index (κ2) is 8.20. The van der Waals surface area contributed by atoms with Gasteiger partial charge >= 0.3 is 0 Å². The topological polar surface area (TPSA) is 79.7 Å². The normalized spacial score (nSPS) is 11.5. The highest BCUT2D eigenvalue weighted by Crippen LogP contribution is 2.31. The van der Waals surface area contributed by atoms with Crippen LogP contribution in [-0.4, -0.2) is 28.3 Å². The highest BCUT2D eigenvalue weighted by molar-refractivity contribution is 6.82. The third-order valence-electron chi connectivity index (χ3n) is 4.01. The van der Waals surface area contributed by atoms with E-state index in [1.807, 2.05) is 42.5 Å². The molecule has 0 radical (unpaired) electrons. The number of aromatic nitrogens is 1. The lowest BCUT2D eigenvalue weighted by Gasteiger charge is -2.19. The molecule has 3 aromatic rings.